The van der Waals surface area contributed by atoms with Gasteiger partial charge in [-0.25, -0.2) is 0 Å². The van der Waals surface area contributed by atoms with Crippen molar-refractivity contribution in [3.8, 4) is 0 Å². The lowest BCUT2D eigenvalue weighted by Gasteiger charge is -2.27. The van der Waals surface area contributed by atoms with Gasteiger partial charge in [0.2, 0.25) is 0 Å². The van der Waals surface area contributed by atoms with Gasteiger partial charge in [-0.15, -0.1) is 0 Å². The van der Waals surface area contributed by atoms with Crippen LogP contribution in [0.1, 0.15) is 59.3 Å². The molecule has 0 aromatic rings. The van der Waals surface area contributed by atoms with Crippen LogP contribution in [0.2, 0.25) is 0 Å². The van der Waals surface area contributed by atoms with Crippen molar-refractivity contribution in [2.24, 2.45) is 28.7 Å². The van der Waals surface area contributed by atoms with Crippen LogP contribution in [0, 0.1) is 17.3 Å². The molecule has 0 aromatic carbocycles. The predicted octanol–water partition coefficient (Wildman–Crippen LogP) is 3.36. The smallest absolute Gasteiger partial charge is 0.156 e. The number of carbonyl (C=O) groups is 1. The number of hydrogen-bond acceptors (Lipinski definition) is 5. The minimum atomic E-state index is 0. The molecule has 1 fully saturated rings. The molecule has 0 spiro atoms. The molecule has 10 N–H and O–H groups in total. The normalized spacial score (nSPS) is 26.6. The Kier molecular flexibility index (Phi) is 11.6. The zero-order chi connectivity index (χ0) is 15.2. The van der Waals surface area contributed by atoms with E-state index in [0.29, 0.717) is 6.42 Å². The van der Waals surface area contributed by atoms with Gasteiger partial charge in [-0.05, 0) is 75.4 Å². The Morgan fingerprint density at radius 2 is 1.41 bits per heavy atom. The van der Waals surface area contributed by atoms with Crippen LogP contribution in [0.4, 0.5) is 0 Å². The van der Waals surface area contributed by atoms with Crippen molar-refractivity contribution in [1.29, 1.82) is 0 Å². The van der Waals surface area contributed by atoms with E-state index < -0.39 is 0 Å². The molecule has 0 heterocycles. The minimum Gasteiger partial charge on any atom is -0.344 e. The van der Waals surface area contributed by atoms with Gasteiger partial charge in [0.15, 0.2) is 5.78 Å². The summed E-state index contributed by atoms with van der Waals surface area (Å²) in [5, 5.41) is 0. The highest BCUT2D eigenvalue weighted by atomic mass is 16.1. The third-order valence-corrected chi connectivity index (χ3v) is 4.45. The van der Waals surface area contributed by atoms with E-state index in [1.165, 1.54) is 31.3 Å². The number of carbonyl (C=O) groups excluding carboxylic acids is 1. The Balaban J connectivity index is 0. The topological polar surface area (TPSA) is 139 Å². The van der Waals surface area contributed by atoms with Gasteiger partial charge >= 0.3 is 0 Å². The second-order valence-corrected chi connectivity index (χ2v) is 7.33. The predicted molar refractivity (Wildman–Crippen MR) is 95.4 cm³/mol. The molecular formula is C17H38N4O. The summed E-state index contributed by atoms with van der Waals surface area (Å²) in [5.41, 5.74) is 12.5. The average Bonchev–Trinajstić information content (AvgIpc) is 2.36. The molecular weight excluding hydrogens is 276 g/mol. The maximum Gasteiger partial charge on any atom is 0.156 e. The maximum absolute atomic E-state index is 11.0. The quantitative estimate of drug-likeness (QED) is 0.618. The second-order valence-electron chi connectivity index (χ2n) is 7.33. The van der Waals surface area contributed by atoms with Crippen LogP contribution in [0.3, 0.4) is 0 Å². The van der Waals surface area contributed by atoms with E-state index in [4.69, 9.17) is 11.5 Å². The molecule has 1 saturated carbocycles. The summed E-state index contributed by atoms with van der Waals surface area (Å²) in [7, 11) is 0. The summed E-state index contributed by atoms with van der Waals surface area (Å²) in [6, 6.07) is 0. The Hall–Kier alpha value is -0.750. The highest BCUT2D eigenvalue weighted by Crippen LogP contribution is 2.32. The molecule has 0 unspecified atom stereocenters. The molecule has 132 valence electrons. The SMILES string of the molecule is CC1=CC(=O)CC(C)(C)C1.N.N.NCC1CCC(CN)CC1. The van der Waals surface area contributed by atoms with Crippen molar-refractivity contribution in [3.05, 3.63) is 11.6 Å². The highest BCUT2D eigenvalue weighted by molar-refractivity contribution is 5.91. The molecule has 0 radical (unpaired) electrons. The summed E-state index contributed by atoms with van der Waals surface area (Å²) in [5.74, 6) is 1.87. The van der Waals surface area contributed by atoms with Crippen LogP contribution < -0.4 is 23.8 Å². The van der Waals surface area contributed by atoms with Crippen LogP contribution in [0.15, 0.2) is 11.6 Å². The van der Waals surface area contributed by atoms with Crippen LogP contribution in [-0.4, -0.2) is 18.9 Å². The zero-order valence-electron chi connectivity index (χ0n) is 14.9. The van der Waals surface area contributed by atoms with Gasteiger partial charge in [-0.1, -0.05) is 19.4 Å². The second kappa shape index (κ2) is 10.9. The molecule has 0 atom stereocenters. The molecule has 0 aliphatic heterocycles. The van der Waals surface area contributed by atoms with Crippen molar-refractivity contribution >= 4 is 5.78 Å². The number of nitrogens with two attached hydrogens (primary N) is 2. The summed E-state index contributed by atoms with van der Waals surface area (Å²) < 4.78 is 0. The van der Waals surface area contributed by atoms with Crippen LogP contribution in [0.5, 0.6) is 0 Å². The molecule has 2 aliphatic carbocycles. The molecule has 0 amide bonds. The third kappa shape index (κ3) is 8.63. The maximum atomic E-state index is 11.0. The van der Waals surface area contributed by atoms with E-state index in [-0.39, 0.29) is 23.5 Å². The Morgan fingerprint density at radius 3 is 1.68 bits per heavy atom. The summed E-state index contributed by atoms with van der Waals surface area (Å²) in [6.45, 7) is 8.05. The fourth-order valence-electron chi connectivity index (χ4n) is 3.37. The van der Waals surface area contributed by atoms with Crippen molar-refractivity contribution < 1.29 is 4.79 Å². The molecule has 2 aliphatic rings. The summed E-state index contributed by atoms with van der Waals surface area (Å²) >= 11 is 0. The van der Waals surface area contributed by atoms with Crippen molar-refractivity contribution in [3.63, 3.8) is 0 Å². The Morgan fingerprint density at radius 1 is 1.00 bits per heavy atom. The van der Waals surface area contributed by atoms with E-state index in [2.05, 4.69) is 13.8 Å². The summed E-state index contributed by atoms with van der Waals surface area (Å²) in [4.78, 5) is 11.0. The molecule has 0 aromatic heterocycles. The van der Waals surface area contributed by atoms with Gasteiger partial charge < -0.3 is 23.8 Å². The van der Waals surface area contributed by atoms with Crippen molar-refractivity contribution in [1.82, 2.24) is 12.3 Å². The van der Waals surface area contributed by atoms with Crippen LogP contribution >= 0.6 is 0 Å². The third-order valence-electron chi connectivity index (χ3n) is 4.45. The molecule has 22 heavy (non-hydrogen) atoms. The molecule has 0 saturated heterocycles. The van der Waals surface area contributed by atoms with E-state index >= 15 is 0 Å². The van der Waals surface area contributed by atoms with Gasteiger partial charge in [-0.2, -0.15) is 0 Å². The monoisotopic (exact) mass is 314 g/mol. The highest BCUT2D eigenvalue weighted by Gasteiger charge is 2.25. The lowest BCUT2D eigenvalue weighted by Crippen LogP contribution is -2.25. The first-order valence-electron chi connectivity index (χ1n) is 7.96. The largest absolute Gasteiger partial charge is 0.344 e. The lowest BCUT2D eigenvalue weighted by molar-refractivity contribution is -0.117. The van der Waals surface area contributed by atoms with Crippen LogP contribution in [-0.2, 0) is 4.79 Å². The molecule has 5 nitrogen and oxygen atoms in total. The summed E-state index contributed by atoms with van der Waals surface area (Å²) in [6.07, 6.45) is 8.77. The van der Waals surface area contributed by atoms with Crippen LogP contribution in [0.25, 0.3) is 0 Å². The van der Waals surface area contributed by atoms with E-state index in [1.54, 1.807) is 6.08 Å². The number of allylic oxidation sites excluding steroid dienone is 2. The fraction of sp³-hybridized carbons (Fsp3) is 0.824. The van der Waals surface area contributed by atoms with Gasteiger partial charge in [0.25, 0.3) is 0 Å². The van der Waals surface area contributed by atoms with Crippen molar-refractivity contribution in [2.75, 3.05) is 13.1 Å². The zero-order valence-corrected chi connectivity index (χ0v) is 14.9. The van der Waals surface area contributed by atoms with Crippen molar-refractivity contribution in [2.45, 2.75) is 59.3 Å². The van der Waals surface area contributed by atoms with E-state index in [1.807, 2.05) is 6.92 Å². The number of rotatable bonds is 2. The first kappa shape index (κ1) is 23.5. The number of hydrogen-bond donors (Lipinski definition) is 4. The molecule has 5 heteroatoms. The Labute approximate surface area is 136 Å². The average molecular weight is 315 g/mol. The molecule has 0 bridgehead atoms. The van der Waals surface area contributed by atoms with Gasteiger partial charge in [0.1, 0.15) is 0 Å². The van der Waals surface area contributed by atoms with Gasteiger partial charge in [-0.3, -0.25) is 4.79 Å². The van der Waals surface area contributed by atoms with E-state index in [9.17, 15) is 4.79 Å². The number of ketones is 1. The minimum absolute atomic E-state index is 0. The molecule has 2 rings (SSSR count). The first-order valence-corrected chi connectivity index (χ1v) is 7.96. The Bertz CT molecular complexity index is 333. The van der Waals surface area contributed by atoms with Gasteiger partial charge in [0.05, 0.1) is 0 Å². The van der Waals surface area contributed by atoms with E-state index in [0.717, 1.165) is 31.3 Å². The lowest BCUT2D eigenvalue weighted by atomic mass is 9.77. The van der Waals surface area contributed by atoms with Gasteiger partial charge in [0, 0.05) is 6.42 Å². The standard InChI is InChI=1S/C9H14O.C8H18N2.2H3N/c1-7-4-8(10)6-9(2,3)5-7;9-5-7-1-2-8(6-10)4-3-7;;/h4H,5-6H2,1-3H3;7-8H,1-6,9-10H2;2*1H3. The fourth-order valence-corrected chi connectivity index (χ4v) is 3.37. The first-order chi connectivity index (χ1) is 9.36.